The fraction of sp³-hybridized carbons (Fsp3) is 0.250. The predicted molar refractivity (Wildman–Crippen MR) is 103 cm³/mol. The summed E-state index contributed by atoms with van der Waals surface area (Å²) >= 11 is 1.05. The largest absolute Gasteiger partial charge is 0.479 e. The number of benzene rings is 2. The molecule has 2 aromatic carbocycles. The Balaban J connectivity index is 1.87. The van der Waals surface area contributed by atoms with Gasteiger partial charge in [-0.2, -0.15) is 5.26 Å². The molecule has 6 nitrogen and oxygen atoms in total. The van der Waals surface area contributed by atoms with E-state index in [0.717, 1.165) is 22.2 Å². The molecule has 1 amide bonds. The van der Waals surface area contributed by atoms with Crippen LogP contribution in [0.4, 0.5) is 5.69 Å². The second-order valence-corrected chi connectivity index (χ2v) is 6.51. The second kappa shape index (κ2) is 10.2. The van der Waals surface area contributed by atoms with Gasteiger partial charge in [-0.15, -0.1) is 0 Å². The molecule has 7 heteroatoms. The molecule has 0 aromatic heterocycles. The van der Waals surface area contributed by atoms with Crippen LogP contribution in [0.25, 0.3) is 0 Å². The summed E-state index contributed by atoms with van der Waals surface area (Å²) in [6, 6.07) is 14.2. The number of ether oxygens (including phenoxy) is 2. The molecule has 0 aliphatic heterocycles. The van der Waals surface area contributed by atoms with Crippen molar-refractivity contribution in [3.8, 4) is 11.2 Å². The highest BCUT2D eigenvalue weighted by molar-refractivity contribution is 8.03. The number of rotatable bonds is 8. The Morgan fingerprint density at radius 2 is 1.96 bits per heavy atom. The number of esters is 1. The fourth-order valence-electron chi connectivity index (χ4n) is 2.27. The quantitative estimate of drug-likeness (QED) is 0.422. The van der Waals surface area contributed by atoms with Gasteiger partial charge in [0.2, 0.25) is 0 Å². The third-order valence-electron chi connectivity index (χ3n) is 3.64. The van der Waals surface area contributed by atoms with Crippen LogP contribution >= 0.6 is 11.8 Å². The van der Waals surface area contributed by atoms with Crippen molar-refractivity contribution in [3.63, 3.8) is 0 Å². The second-order valence-electron chi connectivity index (χ2n) is 5.65. The minimum absolute atomic E-state index is 0.401. The molecule has 0 spiro atoms. The molecule has 0 radical (unpaired) electrons. The molecule has 1 atom stereocenters. The van der Waals surface area contributed by atoms with E-state index in [0.29, 0.717) is 17.9 Å². The number of thiocyanates is 1. The van der Waals surface area contributed by atoms with Crippen LogP contribution in [0.2, 0.25) is 0 Å². The summed E-state index contributed by atoms with van der Waals surface area (Å²) in [5.74, 6) is -0.465. The minimum Gasteiger partial charge on any atom is -0.479 e. The number of para-hydroxylation sites is 1. The molecule has 2 rings (SSSR count). The van der Waals surface area contributed by atoms with Gasteiger partial charge in [0, 0.05) is 10.6 Å². The Kier molecular flexibility index (Phi) is 7.71. The van der Waals surface area contributed by atoms with Gasteiger partial charge in [0.25, 0.3) is 5.91 Å². The summed E-state index contributed by atoms with van der Waals surface area (Å²) in [6.45, 7) is 3.23. The van der Waals surface area contributed by atoms with Crippen molar-refractivity contribution in [1.82, 2.24) is 0 Å². The molecule has 0 saturated heterocycles. The highest BCUT2D eigenvalue weighted by atomic mass is 32.2. The van der Waals surface area contributed by atoms with Gasteiger partial charge in [-0.25, -0.2) is 4.79 Å². The van der Waals surface area contributed by atoms with Crippen LogP contribution in [-0.4, -0.2) is 24.6 Å². The Hall–Kier alpha value is -2.98. The summed E-state index contributed by atoms with van der Waals surface area (Å²) in [7, 11) is 0. The van der Waals surface area contributed by atoms with Crippen LogP contribution in [-0.2, 0) is 14.3 Å². The van der Waals surface area contributed by atoms with E-state index in [9.17, 15) is 9.59 Å². The Morgan fingerprint density at radius 1 is 1.22 bits per heavy atom. The number of hydrogen-bond acceptors (Lipinski definition) is 6. The van der Waals surface area contributed by atoms with Gasteiger partial charge in [-0.3, -0.25) is 4.79 Å². The molecule has 1 N–H and O–H groups in total. The number of nitrogens with one attached hydrogen (secondary N) is 1. The topological polar surface area (TPSA) is 88.4 Å². The summed E-state index contributed by atoms with van der Waals surface area (Å²) < 4.78 is 10.7. The summed E-state index contributed by atoms with van der Waals surface area (Å²) in [4.78, 5) is 25.0. The van der Waals surface area contributed by atoms with Gasteiger partial charge in [0.1, 0.15) is 11.2 Å². The Morgan fingerprint density at radius 3 is 2.59 bits per heavy atom. The van der Waals surface area contributed by atoms with Gasteiger partial charge in [0.05, 0.1) is 0 Å². The van der Waals surface area contributed by atoms with E-state index in [-0.39, 0.29) is 0 Å². The van der Waals surface area contributed by atoms with Crippen LogP contribution in [0, 0.1) is 17.6 Å². The van der Waals surface area contributed by atoms with E-state index < -0.39 is 24.6 Å². The normalized spacial score (nSPS) is 11.1. The minimum atomic E-state index is -0.774. The van der Waals surface area contributed by atoms with Crippen molar-refractivity contribution in [3.05, 3.63) is 54.1 Å². The molecule has 140 valence electrons. The first-order valence-corrected chi connectivity index (χ1v) is 9.20. The summed E-state index contributed by atoms with van der Waals surface area (Å²) in [5.41, 5.74) is 1.42. The number of amides is 1. The number of aryl methyl sites for hydroxylation is 1. The number of anilines is 1. The molecule has 2 aromatic rings. The van der Waals surface area contributed by atoms with Crippen LogP contribution < -0.4 is 10.1 Å². The number of carbonyl (C=O) groups excluding carboxylic acids is 2. The van der Waals surface area contributed by atoms with Crippen molar-refractivity contribution in [2.24, 2.45) is 0 Å². The summed E-state index contributed by atoms with van der Waals surface area (Å²) in [6.07, 6.45) is -0.351. The maximum Gasteiger partial charge on any atom is 0.347 e. The van der Waals surface area contributed by atoms with Crippen molar-refractivity contribution < 1.29 is 19.1 Å². The number of nitrogens with zero attached hydrogens (tertiary/aromatic N) is 1. The SMILES string of the molecule is CC[C@@H](Oc1ccccc1)C(=O)OCC(=O)Nc1ccc(SC#N)cc1C. The van der Waals surface area contributed by atoms with Crippen molar-refractivity contribution in [2.75, 3.05) is 11.9 Å². The molecule has 0 unspecified atom stereocenters. The first kappa shape index (κ1) is 20.3. The van der Waals surface area contributed by atoms with E-state index in [2.05, 4.69) is 5.32 Å². The first-order chi connectivity index (χ1) is 13.0. The van der Waals surface area contributed by atoms with E-state index in [4.69, 9.17) is 14.7 Å². The lowest BCUT2D eigenvalue weighted by Crippen LogP contribution is -2.31. The lowest BCUT2D eigenvalue weighted by Gasteiger charge is -2.16. The number of hydrogen-bond donors (Lipinski definition) is 1. The van der Waals surface area contributed by atoms with E-state index >= 15 is 0 Å². The Bertz CT molecular complexity index is 834. The van der Waals surface area contributed by atoms with Crippen molar-refractivity contribution >= 4 is 29.3 Å². The third kappa shape index (κ3) is 6.35. The number of nitriles is 1. The fourth-order valence-corrected chi connectivity index (χ4v) is 2.75. The monoisotopic (exact) mass is 384 g/mol. The van der Waals surface area contributed by atoms with Gasteiger partial charge < -0.3 is 14.8 Å². The van der Waals surface area contributed by atoms with Gasteiger partial charge in [-0.1, -0.05) is 25.1 Å². The molecule has 0 aliphatic rings. The van der Waals surface area contributed by atoms with Crippen LogP contribution in [0.3, 0.4) is 0 Å². The van der Waals surface area contributed by atoms with Crippen molar-refractivity contribution in [2.45, 2.75) is 31.3 Å². The molecule has 0 aliphatic carbocycles. The lowest BCUT2D eigenvalue weighted by atomic mass is 10.2. The standard InChI is InChI=1S/C20H20N2O4S/c1-3-18(26-15-7-5-4-6-8-15)20(24)25-12-19(23)22-17-10-9-16(27-13-21)11-14(17)2/h4-11,18H,3,12H2,1-2H3,(H,22,23)/t18-/m1/s1. The molecular weight excluding hydrogens is 364 g/mol. The highest BCUT2D eigenvalue weighted by Crippen LogP contribution is 2.23. The molecular formula is C20H20N2O4S. The zero-order chi connectivity index (χ0) is 19.6. The summed E-state index contributed by atoms with van der Waals surface area (Å²) in [5, 5.41) is 13.4. The maximum absolute atomic E-state index is 12.2. The van der Waals surface area contributed by atoms with Gasteiger partial charge in [-0.05, 0) is 61.0 Å². The number of thioether (sulfide) groups is 1. The van der Waals surface area contributed by atoms with Gasteiger partial charge in [0.15, 0.2) is 12.7 Å². The first-order valence-electron chi connectivity index (χ1n) is 8.38. The van der Waals surface area contributed by atoms with Gasteiger partial charge >= 0.3 is 5.97 Å². The number of carbonyl (C=O) groups is 2. The smallest absolute Gasteiger partial charge is 0.347 e. The van der Waals surface area contributed by atoms with Crippen LogP contribution in [0.15, 0.2) is 53.4 Å². The lowest BCUT2D eigenvalue weighted by molar-refractivity contribution is -0.154. The Labute approximate surface area is 162 Å². The molecule has 0 fully saturated rings. The zero-order valence-electron chi connectivity index (χ0n) is 15.1. The predicted octanol–water partition coefficient (Wildman–Crippen LogP) is 3.91. The third-order valence-corrected chi connectivity index (χ3v) is 4.22. The molecule has 0 saturated carbocycles. The molecule has 0 bridgehead atoms. The van der Waals surface area contributed by atoms with Crippen LogP contribution in [0.1, 0.15) is 18.9 Å². The average molecular weight is 384 g/mol. The highest BCUT2D eigenvalue weighted by Gasteiger charge is 2.21. The van der Waals surface area contributed by atoms with E-state index in [1.807, 2.05) is 30.5 Å². The van der Waals surface area contributed by atoms with E-state index in [1.54, 1.807) is 37.3 Å². The average Bonchev–Trinajstić information content (AvgIpc) is 2.67. The molecule has 0 heterocycles. The van der Waals surface area contributed by atoms with E-state index in [1.165, 1.54) is 0 Å². The molecule has 27 heavy (non-hydrogen) atoms. The van der Waals surface area contributed by atoms with Crippen molar-refractivity contribution in [1.29, 1.82) is 5.26 Å². The maximum atomic E-state index is 12.2. The zero-order valence-corrected chi connectivity index (χ0v) is 15.9. The van der Waals surface area contributed by atoms with Crippen LogP contribution in [0.5, 0.6) is 5.75 Å².